The van der Waals surface area contributed by atoms with Gasteiger partial charge in [0.15, 0.2) is 0 Å². The zero-order chi connectivity index (χ0) is 19.9. The molecule has 3 rings (SSSR count). The molecule has 2 aromatic carbocycles. The minimum atomic E-state index is -5.12. The van der Waals surface area contributed by atoms with Crippen molar-refractivity contribution in [3.8, 4) is 5.75 Å². The first kappa shape index (κ1) is 21.3. The van der Waals surface area contributed by atoms with Crippen LogP contribution in [0.4, 0.5) is 11.4 Å². The van der Waals surface area contributed by atoms with Crippen molar-refractivity contribution in [2.75, 3.05) is 18.0 Å². The molecule has 8 heteroatoms. The predicted octanol–water partition coefficient (Wildman–Crippen LogP) is 1.40. The average molecular weight is 436 g/mol. The third-order valence-electron chi connectivity index (χ3n) is 4.07. The van der Waals surface area contributed by atoms with Gasteiger partial charge in [-0.15, -0.1) is 0 Å². The van der Waals surface area contributed by atoms with Gasteiger partial charge in [-0.2, -0.15) is 0 Å². The number of aromatic hydroxyl groups is 1. The summed E-state index contributed by atoms with van der Waals surface area (Å²) in [6.45, 7) is 3.81. The molecule has 0 atom stereocenters. The fraction of sp³-hybridized carbons (Fsp3) is 0.316. The fourth-order valence-electron chi connectivity index (χ4n) is 2.74. The molecule has 7 nitrogen and oxygen atoms in total. The van der Waals surface area contributed by atoms with Crippen LogP contribution in [0.3, 0.4) is 0 Å². The second-order valence-electron chi connectivity index (χ2n) is 6.22. The van der Waals surface area contributed by atoms with Gasteiger partial charge in [-0.1, -0.05) is 6.42 Å². The molecule has 1 heterocycles. The van der Waals surface area contributed by atoms with Gasteiger partial charge in [-0.25, -0.2) is 0 Å². The van der Waals surface area contributed by atoms with Crippen LogP contribution in [0.15, 0.2) is 48.5 Å². The quantitative estimate of drug-likeness (QED) is 0.542. The number of nitrogens with one attached hydrogen (secondary N) is 1. The Morgan fingerprint density at radius 2 is 1.67 bits per heavy atom. The molecule has 4 N–H and O–H groups in total. The summed E-state index contributed by atoms with van der Waals surface area (Å²) in [5, 5.41) is 13.2. The minimum absolute atomic E-state index is 0.0379. The van der Waals surface area contributed by atoms with Gasteiger partial charge in [0.1, 0.15) is 0 Å². The average Bonchev–Trinajstić information content (AvgIpc) is 2.65. The zero-order valence-corrected chi connectivity index (χ0v) is 17.1. The van der Waals surface area contributed by atoms with Crippen LogP contribution in [0.25, 0.3) is 0 Å². The molecule has 1 saturated heterocycles. The summed E-state index contributed by atoms with van der Waals surface area (Å²) >= 11 is -5.12. The van der Waals surface area contributed by atoms with Crippen molar-refractivity contribution in [2.45, 2.75) is 26.2 Å². The summed E-state index contributed by atoms with van der Waals surface area (Å²) in [5.41, 5.74) is 0.534. The SMILES string of the molecule is C1CCNCC1.CC(=O)N(c1ccccc1)c1cc([As](=O)(O)O)ccc1O. The molecular weight excluding hydrogens is 411 g/mol. The van der Waals surface area contributed by atoms with Crippen LogP contribution >= 0.6 is 0 Å². The van der Waals surface area contributed by atoms with Crippen LogP contribution in [0.2, 0.25) is 0 Å². The molecule has 27 heavy (non-hydrogen) atoms. The molecule has 2 aromatic rings. The molecule has 1 aliphatic rings. The number of benzene rings is 2. The first-order valence-electron chi connectivity index (χ1n) is 8.76. The molecule has 1 fully saturated rings. The predicted molar refractivity (Wildman–Crippen MR) is 105 cm³/mol. The van der Waals surface area contributed by atoms with Crippen molar-refractivity contribution < 1.29 is 21.8 Å². The van der Waals surface area contributed by atoms with Crippen LogP contribution in [-0.4, -0.2) is 46.5 Å². The molecule has 0 aromatic heterocycles. The van der Waals surface area contributed by atoms with E-state index in [1.807, 2.05) is 0 Å². The van der Waals surface area contributed by atoms with Gasteiger partial charge < -0.3 is 5.32 Å². The summed E-state index contributed by atoms with van der Waals surface area (Å²) in [6.07, 6.45) is 4.22. The van der Waals surface area contributed by atoms with Crippen molar-refractivity contribution in [3.63, 3.8) is 0 Å². The number of para-hydroxylation sites is 1. The van der Waals surface area contributed by atoms with Crippen LogP contribution in [0.5, 0.6) is 5.75 Å². The van der Waals surface area contributed by atoms with E-state index in [9.17, 15) is 21.8 Å². The van der Waals surface area contributed by atoms with E-state index in [2.05, 4.69) is 5.32 Å². The number of amides is 1. The summed E-state index contributed by atoms with van der Waals surface area (Å²) in [7, 11) is 0. The monoisotopic (exact) mass is 436 g/mol. The Bertz CT molecular complexity index is 791. The normalized spacial score (nSPS) is 14.0. The van der Waals surface area contributed by atoms with Crippen LogP contribution in [0.1, 0.15) is 26.2 Å². The molecule has 0 radical (unpaired) electrons. The number of phenolic OH excluding ortho intramolecular Hbond substituents is 1. The van der Waals surface area contributed by atoms with Gasteiger partial charge >= 0.3 is 124 Å². The van der Waals surface area contributed by atoms with Crippen molar-refractivity contribution in [2.24, 2.45) is 0 Å². The van der Waals surface area contributed by atoms with Crippen molar-refractivity contribution in [1.82, 2.24) is 5.32 Å². The van der Waals surface area contributed by atoms with Crippen LogP contribution < -0.4 is 14.6 Å². The number of phenols is 1. The molecule has 146 valence electrons. The number of rotatable bonds is 3. The Labute approximate surface area is 161 Å². The van der Waals surface area contributed by atoms with E-state index in [0.717, 1.165) is 12.1 Å². The van der Waals surface area contributed by atoms with Crippen molar-refractivity contribution in [3.05, 3.63) is 48.5 Å². The van der Waals surface area contributed by atoms with Gasteiger partial charge in [0.2, 0.25) is 0 Å². The summed E-state index contributed by atoms with van der Waals surface area (Å²) in [4.78, 5) is 13.1. The van der Waals surface area contributed by atoms with Crippen LogP contribution in [0, 0.1) is 0 Å². The van der Waals surface area contributed by atoms with E-state index in [4.69, 9.17) is 0 Å². The number of carbonyl (C=O) groups excluding carboxylic acids is 1. The van der Waals surface area contributed by atoms with E-state index in [1.165, 1.54) is 50.2 Å². The number of carbonyl (C=O) groups is 1. The molecule has 0 saturated carbocycles. The second-order valence-corrected chi connectivity index (χ2v) is 9.58. The third-order valence-corrected chi connectivity index (χ3v) is 6.07. The number of nitrogens with zero attached hydrogens (tertiary/aromatic N) is 1. The number of anilines is 2. The molecule has 1 amide bonds. The van der Waals surface area contributed by atoms with E-state index in [0.29, 0.717) is 5.69 Å². The topological polar surface area (TPSA) is 110 Å². The Balaban J connectivity index is 0.000000369. The molecule has 0 bridgehead atoms. The van der Waals surface area contributed by atoms with Gasteiger partial charge in [-0.05, 0) is 25.9 Å². The standard InChI is InChI=1S/C14H14AsNO5.C5H11N/c1-10(17)16(12-5-3-2-4-6-12)13-9-11(15(19,20)21)7-8-14(13)18;1-2-4-6-5-3-1/h2-9,18H,1H3,(H2,19,20,21);6H,1-5H2. The Kier molecular flexibility index (Phi) is 7.68. The second kappa shape index (κ2) is 9.76. The Morgan fingerprint density at radius 1 is 1.04 bits per heavy atom. The van der Waals surface area contributed by atoms with E-state index in [1.54, 1.807) is 30.3 Å². The summed E-state index contributed by atoms with van der Waals surface area (Å²) < 4.78 is 29.8. The molecular formula is C19H25AsN2O5. The van der Waals surface area contributed by atoms with E-state index >= 15 is 0 Å². The van der Waals surface area contributed by atoms with Gasteiger partial charge in [-0.3, -0.25) is 0 Å². The number of hydrogen-bond donors (Lipinski definition) is 4. The van der Waals surface area contributed by atoms with Gasteiger partial charge in [0, 0.05) is 0 Å². The molecule has 0 aliphatic carbocycles. The van der Waals surface area contributed by atoms with Gasteiger partial charge in [0.25, 0.3) is 0 Å². The third kappa shape index (κ3) is 6.25. The Hall–Kier alpha value is -2.05. The van der Waals surface area contributed by atoms with Crippen molar-refractivity contribution in [1.29, 1.82) is 0 Å². The number of hydrogen-bond acceptors (Lipinski definition) is 4. The van der Waals surface area contributed by atoms with Gasteiger partial charge in [0.05, 0.1) is 0 Å². The van der Waals surface area contributed by atoms with E-state index < -0.39 is 14.2 Å². The first-order valence-corrected chi connectivity index (χ1v) is 12.1. The Morgan fingerprint density at radius 3 is 2.11 bits per heavy atom. The maximum atomic E-state index is 11.9. The molecule has 0 spiro atoms. The zero-order valence-electron chi connectivity index (χ0n) is 15.2. The maximum absolute atomic E-state index is 11.9. The molecule has 1 aliphatic heterocycles. The van der Waals surface area contributed by atoms with Crippen LogP contribution in [-0.2, 0) is 8.53 Å². The van der Waals surface area contributed by atoms with E-state index in [-0.39, 0.29) is 21.7 Å². The first-order chi connectivity index (χ1) is 12.8. The fourth-order valence-corrected chi connectivity index (χ4v) is 3.91. The molecule has 0 unspecified atom stereocenters. The number of piperidine rings is 1. The van der Waals surface area contributed by atoms with Crippen molar-refractivity contribution >= 4 is 35.8 Å². The summed E-state index contributed by atoms with van der Waals surface area (Å²) in [5.74, 6) is -0.617. The summed E-state index contributed by atoms with van der Waals surface area (Å²) in [6, 6.07) is 12.0.